The van der Waals surface area contributed by atoms with E-state index in [1.54, 1.807) is 30.3 Å². The van der Waals surface area contributed by atoms with Crippen molar-refractivity contribution in [3.63, 3.8) is 0 Å². The molecule has 0 fully saturated rings. The van der Waals surface area contributed by atoms with Gasteiger partial charge in [0.1, 0.15) is 0 Å². The molecule has 0 N–H and O–H groups in total. The molecule has 0 aliphatic rings. The van der Waals surface area contributed by atoms with Crippen molar-refractivity contribution in [1.29, 1.82) is 0 Å². The van der Waals surface area contributed by atoms with Crippen molar-refractivity contribution in [3.8, 4) is 0 Å². The topological polar surface area (TPSA) is 34.1 Å². The molecular weight excluding hydrogens is 332 g/mol. The predicted molar refractivity (Wildman–Crippen MR) is 110 cm³/mol. The smallest absolute Gasteiger partial charge is 0.170 e. The average Bonchev–Trinajstić information content (AvgIpc) is 2.73. The molecule has 0 aliphatic heterocycles. The lowest BCUT2D eigenvalue weighted by molar-refractivity contribution is -0.113. The summed E-state index contributed by atoms with van der Waals surface area (Å²) < 4.78 is 0. The summed E-state index contributed by atoms with van der Waals surface area (Å²) in [6.07, 6.45) is 5.29. The van der Waals surface area contributed by atoms with Crippen molar-refractivity contribution in [2.24, 2.45) is 0 Å². The summed E-state index contributed by atoms with van der Waals surface area (Å²) in [5.74, 6) is -0.378. The molecule has 0 heterocycles. The van der Waals surface area contributed by atoms with Crippen LogP contribution in [0.3, 0.4) is 0 Å². The Morgan fingerprint density at radius 1 is 0.667 bits per heavy atom. The highest BCUT2D eigenvalue weighted by Gasteiger charge is 2.11. The van der Waals surface area contributed by atoms with Crippen LogP contribution in [0, 0.1) is 0 Å². The van der Waals surface area contributed by atoms with E-state index in [9.17, 15) is 9.59 Å². The zero-order valence-corrected chi connectivity index (χ0v) is 14.9. The van der Waals surface area contributed by atoms with Crippen LogP contribution in [0.15, 0.2) is 103 Å². The fraction of sp³-hybridized carbons (Fsp3) is 0.0400. The van der Waals surface area contributed by atoms with Gasteiger partial charge in [0.05, 0.1) is 6.42 Å². The Morgan fingerprint density at radius 2 is 1.19 bits per heavy atom. The zero-order chi connectivity index (χ0) is 18.9. The molecule has 132 valence electrons. The molecule has 0 aromatic heterocycles. The first kappa shape index (κ1) is 18.3. The SMILES string of the molecule is O=C(/C=C(\C=C\c1ccccc1)c1ccccc1)CC(=O)c1ccccc1. The fourth-order valence-electron chi connectivity index (χ4n) is 2.72. The third-order valence-electron chi connectivity index (χ3n) is 4.11. The highest BCUT2D eigenvalue weighted by atomic mass is 16.1. The van der Waals surface area contributed by atoms with Gasteiger partial charge in [-0.25, -0.2) is 0 Å². The minimum atomic E-state index is -0.208. The minimum absolute atomic E-state index is 0.139. The Morgan fingerprint density at radius 3 is 1.78 bits per heavy atom. The van der Waals surface area contributed by atoms with Crippen molar-refractivity contribution in [2.45, 2.75) is 6.42 Å². The molecule has 0 spiro atoms. The molecule has 0 unspecified atom stereocenters. The van der Waals surface area contributed by atoms with E-state index in [4.69, 9.17) is 0 Å². The van der Waals surface area contributed by atoms with Crippen LogP contribution in [-0.4, -0.2) is 11.6 Å². The van der Waals surface area contributed by atoms with Crippen LogP contribution in [0.1, 0.15) is 27.9 Å². The second-order valence-corrected chi connectivity index (χ2v) is 6.14. The first-order valence-corrected chi connectivity index (χ1v) is 8.84. The molecule has 0 bridgehead atoms. The largest absolute Gasteiger partial charge is 0.294 e. The van der Waals surface area contributed by atoms with Gasteiger partial charge in [-0.15, -0.1) is 0 Å². The summed E-state index contributed by atoms with van der Waals surface area (Å²) in [6, 6.07) is 28.5. The van der Waals surface area contributed by atoms with Gasteiger partial charge in [0, 0.05) is 5.56 Å². The summed E-state index contributed by atoms with van der Waals surface area (Å²) in [7, 11) is 0. The molecule has 0 saturated carbocycles. The summed E-state index contributed by atoms with van der Waals surface area (Å²) in [5, 5.41) is 0. The Hall–Kier alpha value is -3.52. The van der Waals surface area contributed by atoms with Gasteiger partial charge in [-0.2, -0.15) is 0 Å². The number of allylic oxidation sites excluding steroid dienone is 3. The van der Waals surface area contributed by atoms with Gasteiger partial charge >= 0.3 is 0 Å². The summed E-state index contributed by atoms with van der Waals surface area (Å²) in [4.78, 5) is 24.8. The molecule has 3 rings (SSSR count). The van der Waals surface area contributed by atoms with E-state index in [2.05, 4.69) is 0 Å². The minimum Gasteiger partial charge on any atom is -0.294 e. The lowest BCUT2D eigenvalue weighted by Crippen LogP contribution is -2.06. The van der Waals surface area contributed by atoms with Crippen molar-refractivity contribution in [1.82, 2.24) is 0 Å². The van der Waals surface area contributed by atoms with Crippen LogP contribution in [-0.2, 0) is 4.79 Å². The summed E-state index contributed by atoms with van der Waals surface area (Å²) in [6.45, 7) is 0. The normalized spacial score (nSPS) is 11.5. The van der Waals surface area contributed by atoms with Crippen LogP contribution in [0.5, 0.6) is 0 Å². The molecule has 0 aliphatic carbocycles. The maximum Gasteiger partial charge on any atom is 0.170 e. The molecule has 3 aromatic rings. The van der Waals surface area contributed by atoms with Crippen molar-refractivity contribution in [3.05, 3.63) is 120 Å². The molecule has 2 heteroatoms. The van der Waals surface area contributed by atoms with Crippen LogP contribution in [0.2, 0.25) is 0 Å². The van der Waals surface area contributed by atoms with Gasteiger partial charge in [-0.3, -0.25) is 9.59 Å². The molecule has 2 nitrogen and oxygen atoms in total. The predicted octanol–water partition coefficient (Wildman–Crippen LogP) is 5.63. The highest BCUT2D eigenvalue weighted by molar-refractivity contribution is 6.13. The number of benzene rings is 3. The lowest BCUT2D eigenvalue weighted by Gasteiger charge is -2.04. The number of carbonyl (C=O) groups excluding carboxylic acids is 2. The zero-order valence-electron chi connectivity index (χ0n) is 14.9. The van der Waals surface area contributed by atoms with Crippen LogP contribution in [0.4, 0.5) is 0 Å². The maximum atomic E-state index is 12.5. The number of hydrogen-bond donors (Lipinski definition) is 0. The first-order valence-electron chi connectivity index (χ1n) is 8.84. The van der Waals surface area contributed by atoms with Gasteiger partial charge in [0.2, 0.25) is 0 Å². The van der Waals surface area contributed by atoms with Crippen molar-refractivity contribution in [2.75, 3.05) is 0 Å². The van der Waals surface area contributed by atoms with Crippen LogP contribution in [0.25, 0.3) is 11.6 Å². The molecule has 3 aromatic carbocycles. The Bertz CT molecular complexity index is 953. The third kappa shape index (κ3) is 5.48. The molecule has 0 amide bonds. The second-order valence-electron chi connectivity index (χ2n) is 6.14. The fourth-order valence-corrected chi connectivity index (χ4v) is 2.72. The Kier molecular flexibility index (Phi) is 6.26. The van der Waals surface area contributed by atoms with Gasteiger partial charge in [-0.1, -0.05) is 103 Å². The number of rotatable bonds is 7. The molecule has 0 radical (unpaired) electrons. The van der Waals surface area contributed by atoms with Gasteiger partial charge in [0.25, 0.3) is 0 Å². The summed E-state index contributed by atoms with van der Waals surface area (Å²) >= 11 is 0. The van der Waals surface area contributed by atoms with E-state index in [1.165, 1.54) is 0 Å². The third-order valence-corrected chi connectivity index (χ3v) is 4.11. The molecular formula is C25H20O2. The second kappa shape index (κ2) is 9.25. The molecule has 27 heavy (non-hydrogen) atoms. The standard InChI is InChI=1S/C25H20O2/c26-24(19-25(27)22-14-8-3-9-15-22)18-23(21-12-6-2-7-13-21)17-16-20-10-4-1-5-11-20/h1-18H,19H2/b17-16+,23-18+. The maximum absolute atomic E-state index is 12.5. The lowest BCUT2D eigenvalue weighted by atomic mass is 10.00. The van der Waals surface area contributed by atoms with E-state index in [0.717, 1.165) is 16.7 Å². The van der Waals surface area contributed by atoms with Gasteiger partial charge in [-0.05, 0) is 22.8 Å². The Labute approximate surface area is 159 Å². The monoisotopic (exact) mass is 352 g/mol. The number of carbonyl (C=O) groups is 2. The molecule has 0 atom stereocenters. The molecule has 0 saturated heterocycles. The van der Waals surface area contributed by atoms with Crippen molar-refractivity contribution < 1.29 is 9.59 Å². The van der Waals surface area contributed by atoms with E-state index < -0.39 is 0 Å². The number of ketones is 2. The number of Topliss-reactive ketones (excluding diaryl/α,β-unsaturated/α-hetero) is 1. The summed E-state index contributed by atoms with van der Waals surface area (Å²) in [5.41, 5.74) is 3.32. The quantitative estimate of drug-likeness (QED) is 0.239. The first-order chi connectivity index (χ1) is 13.2. The number of hydrogen-bond acceptors (Lipinski definition) is 2. The van der Waals surface area contributed by atoms with E-state index in [1.807, 2.05) is 78.9 Å². The van der Waals surface area contributed by atoms with Crippen LogP contribution >= 0.6 is 0 Å². The van der Waals surface area contributed by atoms with Crippen molar-refractivity contribution >= 4 is 23.2 Å². The van der Waals surface area contributed by atoms with E-state index >= 15 is 0 Å². The van der Waals surface area contributed by atoms with E-state index in [0.29, 0.717) is 5.56 Å². The van der Waals surface area contributed by atoms with Crippen LogP contribution < -0.4 is 0 Å². The Balaban J connectivity index is 1.82. The highest BCUT2D eigenvalue weighted by Crippen LogP contribution is 2.18. The van der Waals surface area contributed by atoms with Gasteiger partial charge in [0.15, 0.2) is 11.6 Å². The average molecular weight is 352 g/mol. The van der Waals surface area contributed by atoms with Gasteiger partial charge < -0.3 is 0 Å². The van der Waals surface area contributed by atoms with E-state index in [-0.39, 0.29) is 18.0 Å².